The van der Waals surface area contributed by atoms with Gasteiger partial charge in [0, 0.05) is 0 Å². The molecule has 0 aliphatic rings. The molecule has 14 heavy (non-hydrogen) atoms. The fourth-order valence-corrected chi connectivity index (χ4v) is 1.16. The summed E-state index contributed by atoms with van der Waals surface area (Å²) in [6, 6.07) is 5.65. The Labute approximate surface area is 83.8 Å². The maximum atomic E-state index is 5.15. The van der Waals surface area contributed by atoms with Crippen LogP contribution in [0.1, 0.15) is 5.56 Å². The highest BCUT2D eigenvalue weighted by atomic mass is 17.2. The van der Waals surface area contributed by atoms with Crippen LogP contribution < -0.4 is 9.62 Å². The Hall–Kier alpha value is -1.48. The van der Waals surface area contributed by atoms with E-state index < -0.39 is 0 Å². The second kappa shape index (κ2) is 5.29. The Kier molecular flexibility index (Phi) is 4.01. The summed E-state index contributed by atoms with van der Waals surface area (Å²) < 4.78 is 5.15. The van der Waals surface area contributed by atoms with Crippen molar-refractivity contribution in [2.24, 2.45) is 0 Å². The van der Waals surface area contributed by atoms with Crippen molar-refractivity contribution in [3.8, 4) is 11.5 Å². The maximum absolute atomic E-state index is 5.15. The molecule has 0 radical (unpaired) electrons. The minimum absolute atomic E-state index is 0.572. The molecule has 0 aromatic heterocycles. The van der Waals surface area contributed by atoms with Gasteiger partial charge in [-0.2, -0.15) is 4.89 Å². The van der Waals surface area contributed by atoms with E-state index in [1.807, 2.05) is 18.2 Å². The zero-order valence-corrected chi connectivity index (χ0v) is 8.45. The smallest absolute Gasteiger partial charge is 0.207 e. The highest BCUT2D eigenvalue weighted by Gasteiger charge is 2.05. The largest absolute Gasteiger partial charge is 0.493 e. The number of methoxy groups -OCH3 is 1. The van der Waals surface area contributed by atoms with Crippen LogP contribution in [0.2, 0.25) is 0 Å². The van der Waals surface area contributed by atoms with Gasteiger partial charge in [0.25, 0.3) is 0 Å². The summed E-state index contributed by atoms with van der Waals surface area (Å²) in [4.78, 5) is 9.48. The quantitative estimate of drug-likeness (QED) is 0.409. The summed E-state index contributed by atoms with van der Waals surface area (Å²) >= 11 is 0. The molecular formula is C11H14O3. The van der Waals surface area contributed by atoms with Gasteiger partial charge in [0.2, 0.25) is 5.75 Å². The number of ether oxygens (including phenoxy) is 1. The van der Waals surface area contributed by atoms with E-state index in [0.717, 1.165) is 12.0 Å². The molecule has 76 valence electrons. The normalized spacial score (nSPS) is 9.57. The third-order valence-corrected chi connectivity index (χ3v) is 1.78. The minimum atomic E-state index is 0.572. The Morgan fingerprint density at radius 3 is 2.64 bits per heavy atom. The van der Waals surface area contributed by atoms with E-state index in [9.17, 15) is 0 Å². The van der Waals surface area contributed by atoms with Crippen LogP contribution in [0.5, 0.6) is 11.5 Å². The van der Waals surface area contributed by atoms with E-state index in [0.29, 0.717) is 11.5 Å². The van der Waals surface area contributed by atoms with Crippen LogP contribution in [-0.4, -0.2) is 14.2 Å². The van der Waals surface area contributed by atoms with Crippen LogP contribution in [0, 0.1) is 0 Å². The molecule has 0 bridgehead atoms. The van der Waals surface area contributed by atoms with Crippen molar-refractivity contribution < 1.29 is 14.5 Å². The van der Waals surface area contributed by atoms with E-state index >= 15 is 0 Å². The molecule has 0 spiro atoms. The van der Waals surface area contributed by atoms with Crippen LogP contribution in [0.3, 0.4) is 0 Å². The first-order chi connectivity index (χ1) is 6.81. The minimum Gasteiger partial charge on any atom is -0.493 e. The molecule has 0 saturated heterocycles. The molecule has 0 aliphatic heterocycles. The van der Waals surface area contributed by atoms with Crippen molar-refractivity contribution in [3.63, 3.8) is 0 Å². The zero-order chi connectivity index (χ0) is 10.4. The first kappa shape index (κ1) is 10.6. The summed E-state index contributed by atoms with van der Waals surface area (Å²) in [5.41, 5.74) is 1.13. The summed E-state index contributed by atoms with van der Waals surface area (Å²) in [5.74, 6) is 1.23. The number of benzene rings is 1. The molecule has 0 saturated carbocycles. The van der Waals surface area contributed by atoms with E-state index in [1.165, 1.54) is 7.11 Å². The van der Waals surface area contributed by atoms with Crippen LogP contribution >= 0.6 is 0 Å². The summed E-state index contributed by atoms with van der Waals surface area (Å²) in [6.45, 7) is 3.67. The van der Waals surface area contributed by atoms with Gasteiger partial charge in [0.05, 0.1) is 14.2 Å². The van der Waals surface area contributed by atoms with Crippen molar-refractivity contribution in [2.75, 3.05) is 14.2 Å². The van der Waals surface area contributed by atoms with Gasteiger partial charge in [-0.1, -0.05) is 12.1 Å². The summed E-state index contributed by atoms with van der Waals surface area (Å²) in [6.07, 6.45) is 2.65. The highest BCUT2D eigenvalue weighted by molar-refractivity contribution is 5.43. The summed E-state index contributed by atoms with van der Waals surface area (Å²) in [7, 11) is 3.05. The lowest BCUT2D eigenvalue weighted by Gasteiger charge is -2.08. The molecular weight excluding hydrogens is 180 g/mol. The lowest BCUT2D eigenvalue weighted by atomic mass is 10.1. The van der Waals surface area contributed by atoms with Crippen molar-refractivity contribution in [3.05, 3.63) is 36.4 Å². The maximum Gasteiger partial charge on any atom is 0.207 e. The Morgan fingerprint density at radius 2 is 2.07 bits per heavy atom. The van der Waals surface area contributed by atoms with Crippen molar-refractivity contribution in [1.29, 1.82) is 0 Å². The SMILES string of the molecule is C=CCc1ccc(OOC)c(OC)c1. The van der Waals surface area contributed by atoms with Gasteiger partial charge in [-0.15, -0.1) is 6.58 Å². The van der Waals surface area contributed by atoms with Gasteiger partial charge in [-0.05, 0) is 24.1 Å². The monoisotopic (exact) mass is 194 g/mol. The first-order valence-corrected chi connectivity index (χ1v) is 4.30. The topological polar surface area (TPSA) is 27.7 Å². The van der Waals surface area contributed by atoms with Crippen molar-refractivity contribution >= 4 is 0 Å². The molecule has 1 aromatic carbocycles. The van der Waals surface area contributed by atoms with Crippen LogP contribution in [0.4, 0.5) is 0 Å². The fourth-order valence-electron chi connectivity index (χ4n) is 1.16. The molecule has 0 unspecified atom stereocenters. The lowest BCUT2D eigenvalue weighted by molar-refractivity contribution is -0.179. The number of rotatable bonds is 5. The van der Waals surface area contributed by atoms with Gasteiger partial charge >= 0.3 is 0 Å². The fraction of sp³-hybridized carbons (Fsp3) is 0.273. The van der Waals surface area contributed by atoms with E-state index in [2.05, 4.69) is 11.5 Å². The lowest BCUT2D eigenvalue weighted by Crippen LogP contribution is -1.95. The number of allylic oxidation sites excluding steroid dienone is 1. The molecule has 3 heteroatoms. The molecule has 0 N–H and O–H groups in total. The van der Waals surface area contributed by atoms with Crippen molar-refractivity contribution in [2.45, 2.75) is 6.42 Å². The Morgan fingerprint density at radius 1 is 1.29 bits per heavy atom. The van der Waals surface area contributed by atoms with E-state index in [1.54, 1.807) is 13.2 Å². The predicted octanol–water partition coefficient (Wildman–Crippen LogP) is 2.36. The molecule has 0 amide bonds. The highest BCUT2D eigenvalue weighted by Crippen LogP contribution is 2.28. The molecule has 1 aromatic rings. The van der Waals surface area contributed by atoms with Crippen molar-refractivity contribution in [1.82, 2.24) is 0 Å². The molecule has 0 heterocycles. The predicted molar refractivity (Wildman–Crippen MR) is 54.5 cm³/mol. The summed E-state index contributed by atoms with van der Waals surface area (Å²) in [5, 5.41) is 0. The molecule has 3 nitrogen and oxygen atoms in total. The second-order valence-electron chi connectivity index (χ2n) is 2.73. The van der Waals surface area contributed by atoms with Gasteiger partial charge < -0.3 is 9.62 Å². The van der Waals surface area contributed by atoms with E-state index in [4.69, 9.17) is 9.62 Å². The standard InChI is InChI=1S/C11H14O3/c1-4-5-9-6-7-10(14-13-3)11(8-9)12-2/h4,6-8H,1,5H2,2-3H3. The number of hydrogen-bond acceptors (Lipinski definition) is 3. The van der Waals surface area contributed by atoms with Gasteiger partial charge in [0.1, 0.15) is 0 Å². The van der Waals surface area contributed by atoms with Gasteiger partial charge in [0.15, 0.2) is 5.75 Å². The average Bonchev–Trinajstić information content (AvgIpc) is 2.21. The first-order valence-electron chi connectivity index (χ1n) is 4.30. The molecule has 0 fully saturated rings. The Balaban J connectivity index is 2.92. The third-order valence-electron chi connectivity index (χ3n) is 1.78. The van der Waals surface area contributed by atoms with Crippen LogP contribution in [0.25, 0.3) is 0 Å². The average molecular weight is 194 g/mol. The van der Waals surface area contributed by atoms with Crippen LogP contribution in [0.15, 0.2) is 30.9 Å². The van der Waals surface area contributed by atoms with Gasteiger partial charge in [-0.25, -0.2) is 0 Å². The molecule has 0 aliphatic carbocycles. The zero-order valence-electron chi connectivity index (χ0n) is 8.45. The van der Waals surface area contributed by atoms with E-state index in [-0.39, 0.29) is 0 Å². The molecule has 1 rings (SSSR count). The Bertz CT molecular complexity index is 307. The van der Waals surface area contributed by atoms with Crippen LogP contribution in [-0.2, 0) is 11.3 Å². The van der Waals surface area contributed by atoms with Gasteiger partial charge in [-0.3, -0.25) is 0 Å². The second-order valence-corrected chi connectivity index (χ2v) is 2.73. The number of hydrogen-bond donors (Lipinski definition) is 0. The molecule has 0 atom stereocenters. The third kappa shape index (κ3) is 2.50.